The maximum atomic E-state index is 12.1. The highest BCUT2D eigenvalue weighted by atomic mass is 19.4. The summed E-state index contributed by atoms with van der Waals surface area (Å²) < 4.78 is 32.1. The second-order valence-electron chi connectivity index (χ2n) is 12.7. The number of carbonyl (C=O) groups excluding carboxylic acids is 3. The number of nitrogens with zero attached hydrogens (tertiary/aromatic N) is 2. The van der Waals surface area contributed by atoms with Gasteiger partial charge in [-0.1, -0.05) is 46.2 Å². The third kappa shape index (κ3) is 8.81. The lowest BCUT2D eigenvalue weighted by Crippen LogP contribution is -2.35. The van der Waals surface area contributed by atoms with Crippen LogP contribution in [0.1, 0.15) is 57.7 Å². The topological polar surface area (TPSA) is 149 Å². The molecule has 1 aliphatic carbocycles. The number of benzene rings is 1. The average molecular weight is 592 g/mol. The van der Waals surface area contributed by atoms with Crippen LogP contribution in [0.4, 0.5) is 13.2 Å². The third-order valence-electron chi connectivity index (χ3n) is 7.82. The first kappa shape index (κ1) is 34.3. The van der Waals surface area contributed by atoms with Crippen LogP contribution >= 0.6 is 0 Å². The Morgan fingerprint density at radius 2 is 1.76 bits per heavy atom. The summed E-state index contributed by atoms with van der Waals surface area (Å²) in [6.07, 6.45) is -3.50. The van der Waals surface area contributed by atoms with Gasteiger partial charge in [0.1, 0.15) is 6.04 Å². The van der Waals surface area contributed by atoms with E-state index in [0.717, 1.165) is 47.0 Å². The number of aromatic nitrogens is 1. The van der Waals surface area contributed by atoms with E-state index < -0.39 is 18.1 Å². The van der Waals surface area contributed by atoms with Crippen LogP contribution in [-0.2, 0) is 20.8 Å². The van der Waals surface area contributed by atoms with Crippen molar-refractivity contribution in [3.63, 3.8) is 0 Å². The van der Waals surface area contributed by atoms with E-state index in [1.807, 2.05) is 38.1 Å². The Balaban J connectivity index is 0.000000246. The molecule has 4 rings (SSSR count). The number of nitrogens with two attached hydrogens (primary N) is 1. The third-order valence-corrected chi connectivity index (χ3v) is 7.82. The van der Waals surface area contributed by atoms with Crippen molar-refractivity contribution in [2.75, 3.05) is 13.1 Å². The van der Waals surface area contributed by atoms with E-state index >= 15 is 0 Å². The van der Waals surface area contributed by atoms with Gasteiger partial charge < -0.3 is 20.9 Å². The minimum absolute atomic E-state index is 0.124. The quantitative estimate of drug-likeness (QED) is 0.451. The largest absolute Gasteiger partial charge is 0.470 e. The molecule has 42 heavy (non-hydrogen) atoms. The lowest BCUT2D eigenvalue weighted by atomic mass is 9.91. The number of nitrogens with one attached hydrogen (secondary N) is 2. The normalized spacial score (nSPS) is 19.2. The van der Waals surface area contributed by atoms with Crippen molar-refractivity contribution < 1.29 is 27.6 Å². The number of rotatable bonds is 5. The van der Waals surface area contributed by atoms with E-state index in [9.17, 15) is 27.6 Å². The fourth-order valence-electron chi connectivity index (χ4n) is 5.18. The number of H-pyrrole nitrogens is 1. The van der Waals surface area contributed by atoms with Crippen LogP contribution in [0, 0.1) is 47.8 Å². The molecule has 0 radical (unpaired) electrons. The minimum Gasteiger partial charge on any atom is -0.362 e. The van der Waals surface area contributed by atoms with E-state index in [2.05, 4.69) is 55.6 Å². The zero-order valence-corrected chi connectivity index (χ0v) is 25.1. The second kappa shape index (κ2) is 13.0. The number of hydrogen-bond donors (Lipinski definition) is 3. The predicted octanol–water partition coefficient (Wildman–Crippen LogP) is 3.90. The molecule has 2 aliphatic rings. The molecule has 1 aromatic carbocycles. The number of pyridine rings is 1. The molecule has 0 spiro atoms. The van der Waals surface area contributed by atoms with Gasteiger partial charge in [0, 0.05) is 42.4 Å². The first-order chi connectivity index (χ1) is 19.2. The molecule has 3 amide bonds. The van der Waals surface area contributed by atoms with Crippen molar-refractivity contribution in [2.24, 2.45) is 28.4 Å². The Morgan fingerprint density at radius 3 is 2.21 bits per heavy atom. The molecule has 2 fully saturated rings. The van der Waals surface area contributed by atoms with Crippen molar-refractivity contribution >= 4 is 29.1 Å². The molecule has 3 atom stereocenters. The molecular formula is C30H40F3N5O4. The Kier molecular flexibility index (Phi) is 10.6. The first-order valence-corrected chi connectivity index (χ1v) is 13.6. The van der Waals surface area contributed by atoms with Crippen molar-refractivity contribution in [3.05, 3.63) is 45.2 Å². The second-order valence-corrected chi connectivity index (χ2v) is 12.7. The van der Waals surface area contributed by atoms with Crippen LogP contribution in [0.25, 0.3) is 10.9 Å². The summed E-state index contributed by atoms with van der Waals surface area (Å²) in [7, 11) is 0. The van der Waals surface area contributed by atoms with Gasteiger partial charge in [-0.25, -0.2) is 0 Å². The number of carbonyl (C=O) groups is 3. The molecule has 12 heteroatoms. The van der Waals surface area contributed by atoms with Gasteiger partial charge in [0.05, 0.1) is 6.07 Å². The molecule has 9 nitrogen and oxygen atoms in total. The van der Waals surface area contributed by atoms with Gasteiger partial charge in [-0.2, -0.15) is 18.4 Å². The van der Waals surface area contributed by atoms with E-state index in [4.69, 9.17) is 10.1 Å². The van der Waals surface area contributed by atoms with Crippen LogP contribution < -0.4 is 16.6 Å². The number of hydrogen-bond acceptors (Lipinski definition) is 5. The van der Waals surface area contributed by atoms with Crippen molar-refractivity contribution in [2.45, 2.75) is 73.5 Å². The lowest BCUT2D eigenvalue weighted by Gasteiger charge is -2.26. The van der Waals surface area contributed by atoms with Gasteiger partial charge in [-0.05, 0) is 54.2 Å². The minimum atomic E-state index is -4.86. The summed E-state index contributed by atoms with van der Waals surface area (Å²) in [6.45, 7) is 16.9. The van der Waals surface area contributed by atoms with Crippen LogP contribution in [0.2, 0.25) is 0 Å². The molecule has 1 saturated carbocycles. The predicted molar refractivity (Wildman–Crippen MR) is 153 cm³/mol. The van der Waals surface area contributed by atoms with Crippen LogP contribution in [0.3, 0.4) is 0 Å². The first-order valence-electron chi connectivity index (χ1n) is 13.6. The number of aromatic amines is 1. The van der Waals surface area contributed by atoms with Crippen molar-refractivity contribution in [1.82, 2.24) is 15.2 Å². The Morgan fingerprint density at radius 1 is 1.21 bits per heavy atom. The zero-order valence-electron chi connectivity index (χ0n) is 25.1. The maximum Gasteiger partial charge on any atom is 0.470 e. The molecule has 1 unspecified atom stereocenters. The van der Waals surface area contributed by atoms with Crippen molar-refractivity contribution in [3.8, 4) is 6.07 Å². The van der Waals surface area contributed by atoms with Crippen LogP contribution in [0.5, 0.6) is 0 Å². The number of nitriles is 1. The number of amides is 3. The summed E-state index contributed by atoms with van der Waals surface area (Å²) in [5.74, 6) is -0.346. The number of halogens is 3. The number of piperidine rings is 1. The molecular weight excluding hydrogens is 551 g/mol. The number of likely N-dealkylation sites (tertiary alicyclic amines) is 1. The number of primary amides is 1. The lowest BCUT2D eigenvalue weighted by molar-refractivity contribution is -0.169. The van der Waals surface area contributed by atoms with Crippen LogP contribution in [-0.4, -0.2) is 53.4 Å². The SMILES string of the molecule is CC(C)(C)CC(=O)N1CC2[C@H](C1)C2(C)C.Cc1ccc2[nH]c(=O)c(C[C@@H](C#N)NC=O)c(C)c2c1.NC(=O)C(F)(F)F. The van der Waals surface area contributed by atoms with E-state index in [1.165, 1.54) is 0 Å². The number of alkyl halides is 3. The molecule has 0 bridgehead atoms. The summed E-state index contributed by atoms with van der Waals surface area (Å²) in [6, 6.07) is 7.07. The molecule has 2 aromatic rings. The highest BCUT2D eigenvalue weighted by Crippen LogP contribution is 2.62. The molecule has 2 heterocycles. The van der Waals surface area contributed by atoms with Gasteiger partial charge in [0.25, 0.3) is 5.56 Å². The van der Waals surface area contributed by atoms with E-state index in [-0.39, 0.29) is 17.4 Å². The molecule has 1 saturated heterocycles. The number of fused-ring (bicyclic) bond motifs is 2. The Bertz CT molecular complexity index is 1410. The molecule has 1 aromatic heterocycles. The molecule has 1 aliphatic heterocycles. The zero-order chi connectivity index (χ0) is 32.2. The highest BCUT2D eigenvalue weighted by molar-refractivity contribution is 5.83. The van der Waals surface area contributed by atoms with E-state index in [0.29, 0.717) is 29.7 Å². The Hall–Kier alpha value is -3.88. The highest BCUT2D eigenvalue weighted by Gasteiger charge is 2.62. The van der Waals surface area contributed by atoms with Gasteiger partial charge in [0.2, 0.25) is 12.3 Å². The molecule has 230 valence electrons. The number of aryl methyl sites for hydroxylation is 2. The van der Waals surface area contributed by atoms with Gasteiger partial charge in [-0.3, -0.25) is 19.2 Å². The fraction of sp³-hybridized carbons (Fsp3) is 0.567. The van der Waals surface area contributed by atoms with Gasteiger partial charge in [0.15, 0.2) is 0 Å². The summed E-state index contributed by atoms with van der Waals surface area (Å²) in [5, 5.41) is 12.3. The summed E-state index contributed by atoms with van der Waals surface area (Å²) in [4.78, 5) is 48.5. The standard InChI is InChI=1S/C15H15N3O2.C13H23NO.C2H2F3NO/c1-9-3-4-14-12(5-9)10(2)13(15(20)18-14)6-11(7-16)17-8-19;1-12(2,3)6-11(15)14-7-9-10(8-14)13(9,4)5;3-2(4,5)1(6)7/h3-5,8,11H,6H2,1-2H3,(H,17,19)(H,18,20);9-10H,6-8H2,1-5H3;(H2,6,7)/t11-;9-,10?;/m00./s1. The van der Waals surface area contributed by atoms with Gasteiger partial charge >= 0.3 is 12.1 Å². The Labute approximate surface area is 243 Å². The smallest absolute Gasteiger partial charge is 0.362 e. The van der Waals surface area contributed by atoms with Gasteiger partial charge in [-0.15, -0.1) is 0 Å². The van der Waals surface area contributed by atoms with Crippen molar-refractivity contribution in [1.29, 1.82) is 5.26 Å². The molecule has 4 N–H and O–H groups in total. The van der Waals surface area contributed by atoms with Crippen LogP contribution in [0.15, 0.2) is 23.0 Å². The fourth-order valence-corrected chi connectivity index (χ4v) is 5.18. The average Bonchev–Trinajstić information content (AvgIpc) is 3.18. The maximum absolute atomic E-state index is 12.1. The summed E-state index contributed by atoms with van der Waals surface area (Å²) in [5.41, 5.74) is 7.48. The van der Waals surface area contributed by atoms with E-state index in [1.54, 1.807) is 0 Å². The monoisotopic (exact) mass is 591 g/mol. The summed E-state index contributed by atoms with van der Waals surface area (Å²) >= 11 is 0.